The molecule has 2 fully saturated rings. The predicted octanol–water partition coefficient (Wildman–Crippen LogP) is 2.08. The van der Waals surface area contributed by atoms with E-state index in [1.807, 2.05) is 5.10 Å². The van der Waals surface area contributed by atoms with E-state index < -0.39 is 17.8 Å². The number of ether oxygens (including phenoxy) is 1. The second kappa shape index (κ2) is 7.69. The van der Waals surface area contributed by atoms with Crippen LogP contribution in [0.15, 0.2) is 6.20 Å². The first-order chi connectivity index (χ1) is 12.8. The van der Waals surface area contributed by atoms with Gasteiger partial charge in [-0.25, -0.2) is 0 Å². The molecule has 2 aliphatic rings. The Morgan fingerprint density at radius 3 is 2.44 bits per heavy atom. The summed E-state index contributed by atoms with van der Waals surface area (Å²) >= 11 is 0. The summed E-state index contributed by atoms with van der Waals surface area (Å²) in [4.78, 5) is 37.5. The number of alkyl halides is 3. The van der Waals surface area contributed by atoms with Gasteiger partial charge in [0.15, 0.2) is 0 Å². The van der Waals surface area contributed by atoms with Crippen LogP contribution >= 0.6 is 0 Å². The summed E-state index contributed by atoms with van der Waals surface area (Å²) in [6.07, 6.45) is -0.584. The lowest BCUT2D eigenvalue weighted by molar-refractivity contribution is -0.145. The molecular weight excluding hydrogens is 367 g/mol. The van der Waals surface area contributed by atoms with E-state index in [-0.39, 0.29) is 55.2 Å². The second-order valence-corrected chi connectivity index (χ2v) is 6.81. The summed E-state index contributed by atoms with van der Waals surface area (Å²) in [5.74, 6) is -1.67. The van der Waals surface area contributed by atoms with Crippen molar-refractivity contribution in [1.82, 2.24) is 15.1 Å². The van der Waals surface area contributed by atoms with Gasteiger partial charge in [-0.1, -0.05) is 12.8 Å². The van der Waals surface area contributed by atoms with Gasteiger partial charge < -0.3 is 4.74 Å². The standard InChI is InChI=1S/C17H20F3N3O4/c18-17(19,20)14-10(9-21-22-14)6-8-27-13(24)5-7-23-15(25)11-3-1-2-4-12(11)16(23)26/h9,11-12H,1-8H2,(H,21,22). The van der Waals surface area contributed by atoms with Crippen molar-refractivity contribution in [2.75, 3.05) is 13.2 Å². The molecule has 0 spiro atoms. The van der Waals surface area contributed by atoms with E-state index in [9.17, 15) is 27.6 Å². The lowest BCUT2D eigenvalue weighted by Gasteiger charge is -2.19. The summed E-state index contributed by atoms with van der Waals surface area (Å²) in [6, 6.07) is 0. The van der Waals surface area contributed by atoms with Crippen LogP contribution in [0, 0.1) is 11.8 Å². The molecule has 2 unspecified atom stereocenters. The largest absolute Gasteiger partial charge is 0.465 e. The smallest absolute Gasteiger partial charge is 0.433 e. The number of aromatic amines is 1. The van der Waals surface area contributed by atoms with Crippen molar-refractivity contribution in [3.8, 4) is 0 Å². The zero-order chi connectivity index (χ0) is 19.6. The van der Waals surface area contributed by atoms with Gasteiger partial charge in [-0.15, -0.1) is 0 Å². The number of carbonyl (C=O) groups is 3. The molecule has 1 aromatic rings. The van der Waals surface area contributed by atoms with Crippen LogP contribution in [0.3, 0.4) is 0 Å². The number of H-pyrrole nitrogens is 1. The van der Waals surface area contributed by atoms with Crippen molar-refractivity contribution in [3.05, 3.63) is 17.5 Å². The first kappa shape index (κ1) is 19.4. The highest BCUT2D eigenvalue weighted by Crippen LogP contribution is 2.38. The number of nitrogens with one attached hydrogen (secondary N) is 1. The van der Waals surface area contributed by atoms with Gasteiger partial charge in [0.25, 0.3) is 0 Å². The van der Waals surface area contributed by atoms with Gasteiger partial charge in [0, 0.05) is 18.5 Å². The van der Waals surface area contributed by atoms with Crippen molar-refractivity contribution in [3.63, 3.8) is 0 Å². The highest BCUT2D eigenvalue weighted by atomic mass is 19.4. The van der Waals surface area contributed by atoms with Gasteiger partial charge in [-0.2, -0.15) is 18.3 Å². The van der Waals surface area contributed by atoms with Gasteiger partial charge in [0.1, 0.15) is 5.69 Å². The third kappa shape index (κ3) is 4.14. The van der Waals surface area contributed by atoms with Gasteiger partial charge in [0.05, 0.1) is 31.1 Å². The molecule has 7 nitrogen and oxygen atoms in total. The number of imide groups is 1. The molecule has 27 heavy (non-hydrogen) atoms. The lowest BCUT2D eigenvalue weighted by atomic mass is 9.81. The normalized spacial score (nSPS) is 22.9. The molecule has 1 saturated heterocycles. The maximum atomic E-state index is 12.7. The minimum absolute atomic E-state index is 0.0526. The molecule has 1 aliphatic heterocycles. The molecule has 2 atom stereocenters. The Labute approximate surface area is 153 Å². The van der Waals surface area contributed by atoms with Crippen molar-refractivity contribution in [2.24, 2.45) is 11.8 Å². The summed E-state index contributed by atoms with van der Waals surface area (Å²) in [5, 5.41) is 5.24. The van der Waals surface area contributed by atoms with Gasteiger partial charge in [-0.05, 0) is 12.8 Å². The Balaban J connectivity index is 1.45. The molecular formula is C17H20F3N3O4. The number of amides is 2. The predicted molar refractivity (Wildman–Crippen MR) is 85.0 cm³/mol. The van der Waals surface area contributed by atoms with Crippen LogP contribution in [-0.2, 0) is 31.7 Å². The number of likely N-dealkylation sites (tertiary alicyclic amines) is 1. The number of carbonyl (C=O) groups excluding carboxylic acids is 3. The van der Waals surface area contributed by atoms with Crippen molar-refractivity contribution in [1.29, 1.82) is 0 Å². The van der Waals surface area contributed by atoms with Gasteiger partial charge in [0.2, 0.25) is 11.8 Å². The molecule has 1 saturated carbocycles. The molecule has 0 aromatic carbocycles. The van der Waals surface area contributed by atoms with E-state index in [2.05, 4.69) is 5.10 Å². The fraction of sp³-hybridized carbons (Fsp3) is 0.647. The maximum absolute atomic E-state index is 12.7. The maximum Gasteiger partial charge on any atom is 0.433 e. The summed E-state index contributed by atoms with van der Waals surface area (Å²) in [7, 11) is 0. The summed E-state index contributed by atoms with van der Waals surface area (Å²) < 4.78 is 43.1. The number of hydrogen-bond donors (Lipinski definition) is 1. The molecule has 2 amide bonds. The number of fused-ring (bicyclic) bond motifs is 1. The van der Waals surface area contributed by atoms with Crippen molar-refractivity contribution < 1.29 is 32.3 Å². The van der Waals surface area contributed by atoms with Crippen LogP contribution in [-0.4, -0.2) is 46.0 Å². The van der Waals surface area contributed by atoms with E-state index >= 15 is 0 Å². The Hall–Kier alpha value is -2.39. The minimum Gasteiger partial charge on any atom is -0.465 e. The van der Waals surface area contributed by atoms with Crippen molar-refractivity contribution >= 4 is 17.8 Å². The van der Waals surface area contributed by atoms with E-state index in [1.165, 1.54) is 0 Å². The Bertz CT molecular complexity index is 707. The number of rotatable bonds is 6. The van der Waals surface area contributed by atoms with Crippen LogP contribution in [0.5, 0.6) is 0 Å². The van der Waals surface area contributed by atoms with Crippen LogP contribution in [0.4, 0.5) is 13.2 Å². The minimum atomic E-state index is -4.55. The van der Waals surface area contributed by atoms with E-state index in [0.717, 1.165) is 23.9 Å². The molecule has 0 radical (unpaired) electrons. The topological polar surface area (TPSA) is 92.4 Å². The Kier molecular flexibility index (Phi) is 5.52. The van der Waals surface area contributed by atoms with Crippen LogP contribution in [0.1, 0.15) is 43.4 Å². The fourth-order valence-corrected chi connectivity index (χ4v) is 3.75. The number of halogens is 3. The zero-order valence-electron chi connectivity index (χ0n) is 14.6. The fourth-order valence-electron chi connectivity index (χ4n) is 3.75. The van der Waals surface area contributed by atoms with E-state index in [1.54, 1.807) is 0 Å². The van der Waals surface area contributed by atoms with Gasteiger partial charge >= 0.3 is 12.1 Å². The quantitative estimate of drug-likeness (QED) is 0.596. The molecule has 1 aromatic heterocycles. The Morgan fingerprint density at radius 2 is 1.85 bits per heavy atom. The monoisotopic (exact) mass is 387 g/mol. The second-order valence-electron chi connectivity index (χ2n) is 6.81. The third-order valence-electron chi connectivity index (χ3n) is 5.11. The average Bonchev–Trinajstić information content (AvgIpc) is 3.18. The first-order valence-electron chi connectivity index (χ1n) is 8.89. The molecule has 1 N–H and O–H groups in total. The first-order valence-corrected chi connectivity index (χ1v) is 8.89. The van der Waals surface area contributed by atoms with Crippen LogP contribution in [0.25, 0.3) is 0 Å². The number of nitrogens with zero attached hydrogens (tertiary/aromatic N) is 2. The number of aromatic nitrogens is 2. The van der Waals surface area contributed by atoms with Crippen LogP contribution < -0.4 is 0 Å². The van der Waals surface area contributed by atoms with E-state index in [4.69, 9.17) is 4.74 Å². The van der Waals surface area contributed by atoms with Gasteiger partial charge in [-0.3, -0.25) is 24.4 Å². The molecule has 0 bridgehead atoms. The van der Waals surface area contributed by atoms with Crippen LogP contribution in [0.2, 0.25) is 0 Å². The highest BCUT2D eigenvalue weighted by Gasteiger charge is 2.47. The zero-order valence-corrected chi connectivity index (χ0v) is 14.6. The third-order valence-corrected chi connectivity index (χ3v) is 5.11. The summed E-state index contributed by atoms with van der Waals surface area (Å²) in [6.45, 7) is -0.294. The summed E-state index contributed by atoms with van der Waals surface area (Å²) in [5.41, 5.74) is -1.06. The molecule has 3 rings (SSSR count). The molecule has 1 aliphatic carbocycles. The molecule has 10 heteroatoms. The Morgan fingerprint density at radius 1 is 1.22 bits per heavy atom. The lowest BCUT2D eigenvalue weighted by Crippen LogP contribution is -2.33. The number of hydrogen-bond acceptors (Lipinski definition) is 5. The number of esters is 1. The van der Waals surface area contributed by atoms with Crippen molar-refractivity contribution in [2.45, 2.75) is 44.7 Å². The average molecular weight is 387 g/mol. The molecule has 148 valence electrons. The van der Waals surface area contributed by atoms with E-state index in [0.29, 0.717) is 12.8 Å². The SMILES string of the molecule is O=C(CCN1C(=O)C2CCCCC2C1=O)OCCc1cn[nH]c1C(F)(F)F. The molecule has 2 heterocycles. The highest BCUT2D eigenvalue weighted by molar-refractivity contribution is 6.05.